The zero-order valence-corrected chi connectivity index (χ0v) is 19.1. The van der Waals surface area contributed by atoms with E-state index in [1.54, 1.807) is 6.07 Å². The number of nitrogens with two attached hydrogens (primary N) is 1. The number of aromatic nitrogens is 2. The molecule has 1 aliphatic rings. The Morgan fingerprint density at radius 1 is 1.35 bits per heavy atom. The van der Waals surface area contributed by atoms with Crippen LogP contribution in [0.2, 0.25) is 0 Å². The number of primary amides is 1. The molecular formula is C26H27FN4O3. The molecule has 0 fully saturated rings. The summed E-state index contributed by atoms with van der Waals surface area (Å²) >= 11 is 0. The minimum Gasteiger partial charge on any atom is -0.494 e. The first kappa shape index (κ1) is 22.3. The molecule has 2 aromatic heterocycles. The van der Waals surface area contributed by atoms with Gasteiger partial charge in [0.2, 0.25) is 5.91 Å². The van der Waals surface area contributed by atoms with Crippen molar-refractivity contribution in [1.29, 1.82) is 0 Å². The lowest BCUT2D eigenvalue weighted by atomic mass is 9.93. The summed E-state index contributed by atoms with van der Waals surface area (Å²) in [6.07, 6.45) is 0.115. The number of methoxy groups -OCH3 is 1. The largest absolute Gasteiger partial charge is 0.494 e. The van der Waals surface area contributed by atoms with Gasteiger partial charge in [0.1, 0.15) is 0 Å². The van der Waals surface area contributed by atoms with Crippen LogP contribution in [-0.2, 0) is 17.8 Å². The quantitative estimate of drug-likeness (QED) is 0.406. The second-order valence-corrected chi connectivity index (χ2v) is 8.76. The Balaban J connectivity index is 1.68. The van der Waals surface area contributed by atoms with Gasteiger partial charge in [0, 0.05) is 41.4 Å². The second-order valence-electron chi connectivity index (χ2n) is 8.76. The number of aliphatic hydroxyl groups is 1. The first-order chi connectivity index (χ1) is 16.4. The van der Waals surface area contributed by atoms with E-state index in [0.29, 0.717) is 31.6 Å². The van der Waals surface area contributed by atoms with Crippen LogP contribution in [0.3, 0.4) is 0 Å². The van der Waals surface area contributed by atoms with Crippen LogP contribution in [0.15, 0.2) is 42.5 Å². The molecule has 2 unspecified atom stereocenters. The predicted octanol–water partition coefficient (Wildman–Crippen LogP) is 3.57. The van der Waals surface area contributed by atoms with Gasteiger partial charge in [0.15, 0.2) is 11.6 Å². The maximum Gasteiger partial charge on any atom is 0.234 e. The zero-order chi connectivity index (χ0) is 24.0. The van der Waals surface area contributed by atoms with Crippen molar-refractivity contribution in [2.75, 3.05) is 13.7 Å². The van der Waals surface area contributed by atoms with E-state index >= 15 is 0 Å². The summed E-state index contributed by atoms with van der Waals surface area (Å²) in [6.45, 7) is 2.60. The van der Waals surface area contributed by atoms with Crippen molar-refractivity contribution in [2.24, 2.45) is 5.73 Å². The zero-order valence-electron chi connectivity index (χ0n) is 19.1. The topological polar surface area (TPSA) is 104 Å². The molecule has 5 rings (SSSR count). The van der Waals surface area contributed by atoms with Crippen molar-refractivity contribution in [3.63, 3.8) is 0 Å². The van der Waals surface area contributed by atoms with E-state index in [-0.39, 0.29) is 5.75 Å². The number of nitrogens with zero attached hydrogens (tertiary/aromatic N) is 2. The number of para-hydroxylation sites is 1. The van der Waals surface area contributed by atoms with Crippen molar-refractivity contribution in [2.45, 2.75) is 38.5 Å². The molecule has 0 saturated carbocycles. The molecule has 7 nitrogen and oxygen atoms in total. The number of aliphatic hydroxyl groups excluding tert-OH is 1. The molecule has 2 aromatic carbocycles. The molecule has 0 spiro atoms. The summed E-state index contributed by atoms with van der Waals surface area (Å²) in [5, 5.41) is 13.1. The number of carbonyl (C=O) groups is 1. The fourth-order valence-electron chi connectivity index (χ4n) is 5.13. The van der Waals surface area contributed by atoms with Crippen LogP contribution in [0.25, 0.3) is 21.8 Å². The number of β-amino-alcohol motifs (C(OH)–C–C–N with tert-alkyl or cyclic N) is 1. The normalized spacial score (nSPS) is 17.1. The Morgan fingerprint density at radius 3 is 2.85 bits per heavy atom. The summed E-state index contributed by atoms with van der Waals surface area (Å²) in [4.78, 5) is 22.3. The molecule has 1 amide bonds. The van der Waals surface area contributed by atoms with Gasteiger partial charge in [0.25, 0.3) is 0 Å². The summed E-state index contributed by atoms with van der Waals surface area (Å²) in [5.41, 5.74) is 10.4. The Labute approximate surface area is 196 Å². The third-order valence-corrected chi connectivity index (χ3v) is 6.68. The summed E-state index contributed by atoms with van der Waals surface area (Å²) in [5.74, 6) is -0.659. The summed E-state index contributed by atoms with van der Waals surface area (Å²) in [6, 6.07) is 12.3. The van der Waals surface area contributed by atoms with Crippen LogP contribution in [-0.4, -0.2) is 45.6 Å². The highest BCUT2D eigenvalue weighted by Crippen LogP contribution is 2.39. The number of ether oxygens (including phenoxy) is 1. The summed E-state index contributed by atoms with van der Waals surface area (Å²) in [7, 11) is 1.43. The van der Waals surface area contributed by atoms with Gasteiger partial charge in [0.05, 0.1) is 36.2 Å². The first-order valence-corrected chi connectivity index (χ1v) is 11.4. The van der Waals surface area contributed by atoms with Gasteiger partial charge in [-0.05, 0) is 30.2 Å². The predicted molar refractivity (Wildman–Crippen MR) is 128 cm³/mol. The standard InChI is InChI=1S/C26H27FN4O3/c1-3-20(26(28)33)31-12-19-24(21(32)13-31)23-15-6-4-5-7-17(15)30-25(23)18(29-19)11-14-8-9-22(34-2)16(27)10-14/h4-10,20-21,30,32H,3,11-13H2,1-2H3,(H2,28,33). The number of rotatable bonds is 6. The number of halogens is 1. The van der Waals surface area contributed by atoms with E-state index in [4.69, 9.17) is 15.5 Å². The first-order valence-electron chi connectivity index (χ1n) is 11.4. The van der Waals surface area contributed by atoms with Gasteiger partial charge >= 0.3 is 0 Å². The van der Waals surface area contributed by atoms with Gasteiger partial charge in [-0.25, -0.2) is 4.39 Å². The smallest absolute Gasteiger partial charge is 0.234 e. The minimum atomic E-state index is -0.821. The van der Waals surface area contributed by atoms with E-state index in [2.05, 4.69) is 4.98 Å². The Bertz CT molecular complexity index is 1400. The molecule has 8 heteroatoms. The highest BCUT2D eigenvalue weighted by atomic mass is 19.1. The van der Waals surface area contributed by atoms with Crippen LogP contribution >= 0.6 is 0 Å². The highest BCUT2D eigenvalue weighted by Gasteiger charge is 2.34. The number of H-pyrrole nitrogens is 1. The fourth-order valence-corrected chi connectivity index (χ4v) is 5.13. The number of fused-ring (bicyclic) bond motifs is 5. The number of benzene rings is 2. The van der Waals surface area contributed by atoms with Crippen LogP contribution in [0.4, 0.5) is 4.39 Å². The van der Waals surface area contributed by atoms with Gasteiger partial charge < -0.3 is 20.6 Å². The molecule has 4 aromatic rings. The number of hydrogen-bond donors (Lipinski definition) is 3. The summed E-state index contributed by atoms with van der Waals surface area (Å²) < 4.78 is 19.4. The monoisotopic (exact) mass is 462 g/mol. The Hall–Kier alpha value is -3.49. The van der Waals surface area contributed by atoms with Crippen molar-refractivity contribution in [1.82, 2.24) is 14.9 Å². The maximum absolute atomic E-state index is 14.4. The lowest BCUT2D eigenvalue weighted by Gasteiger charge is -2.36. The average Bonchev–Trinajstić information content (AvgIpc) is 3.19. The van der Waals surface area contributed by atoms with Crippen molar-refractivity contribution < 1.29 is 19.0 Å². The van der Waals surface area contributed by atoms with E-state index in [1.165, 1.54) is 13.2 Å². The molecule has 176 valence electrons. The van der Waals surface area contributed by atoms with Crippen LogP contribution < -0.4 is 10.5 Å². The molecule has 0 radical (unpaired) electrons. The Kier molecular flexibility index (Phi) is 5.71. The molecular weight excluding hydrogens is 435 g/mol. The molecule has 3 heterocycles. The third kappa shape index (κ3) is 3.69. The fraction of sp³-hybridized carbons (Fsp3) is 0.308. The van der Waals surface area contributed by atoms with Crippen LogP contribution in [0.1, 0.15) is 42.0 Å². The molecule has 0 bridgehead atoms. The van der Waals surface area contributed by atoms with Gasteiger partial charge in [-0.15, -0.1) is 0 Å². The number of hydrogen-bond acceptors (Lipinski definition) is 5. The number of carbonyl (C=O) groups excluding carboxylic acids is 1. The molecule has 0 saturated heterocycles. The third-order valence-electron chi connectivity index (χ3n) is 6.68. The highest BCUT2D eigenvalue weighted by molar-refractivity contribution is 6.10. The second kappa shape index (κ2) is 8.70. The number of nitrogens with one attached hydrogen (secondary N) is 1. The van der Waals surface area contributed by atoms with E-state index < -0.39 is 23.9 Å². The lowest BCUT2D eigenvalue weighted by molar-refractivity contribution is -0.124. The average molecular weight is 463 g/mol. The number of pyridine rings is 1. The number of amides is 1. The van der Waals surface area contributed by atoms with E-state index in [1.807, 2.05) is 42.2 Å². The SMILES string of the molecule is CCC(C(N)=O)N1Cc2nc(Cc3ccc(OC)c(F)c3)c3[nH]c4ccccc4c3c2C(O)C1. The molecule has 4 N–H and O–H groups in total. The van der Waals surface area contributed by atoms with Gasteiger partial charge in [-0.3, -0.25) is 14.7 Å². The minimum absolute atomic E-state index is 0.189. The Morgan fingerprint density at radius 2 is 2.15 bits per heavy atom. The van der Waals surface area contributed by atoms with Crippen LogP contribution in [0.5, 0.6) is 5.75 Å². The molecule has 1 aliphatic heterocycles. The van der Waals surface area contributed by atoms with E-state index in [0.717, 1.165) is 38.6 Å². The van der Waals surface area contributed by atoms with Crippen molar-refractivity contribution in [3.8, 4) is 5.75 Å². The molecule has 0 aliphatic carbocycles. The molecule has 2 atom stereocenters. The lowest BCUT2D eigenvalue weighted by Crippen LogP contribution is -2.48. The van der Waals surface area contributed by atoms with Crippen LogP contribution in [0, 0.1) is 5.82 Å². The van der Waals surface area contributed by atoms with Crippen molar-refractivity contribution >= 4 is 27.7 Å². The maximum atomic E-state index is 14.4. The molecule has 34 heavy (non-hydrogen) atoms. The van der Waals surface area contributed by atoms with Gasteiger partial charge in [-0.2, -0.15) is 0 Å². The van der Waals surface area contributed by atoms with E-state index in [9.17, 15) is 14.3 Å². The van der Waals surface area contributed by atoms with Crippen molar-refractivity contribution in [3.05, 3.63) is 70.8 Å². The van der Waals surface area contributed by atoms with Gasteiger partial charge in [-0.1, -0.05) is 31.2 Å². The number of aromatic amines is 1.